The highest BCUT2D eigenvalue weighted by Gasteiger charge is 2.50. The summed E-state index contributed by atoms with van der Waals surface area (Å²) in [4.78, 5) is 8.25. The maximum atomic E-state index is 13.4. The van der Waals surface area contributed by atoms with Gasteiger partial charge in [-0.1, -0.05) is 11.6 Å². The average molecular weight is 515 g/mol. The minimum atomic E-state index is -3.98. The molecule has 13 heteroatoms. The van der Waals surface area contributed by atoms with Crippen LogP contribution in [0.3, 0.4) is 0 Å². The Labute approximate surface area is 204 Å². The van der Waals surface area contributed by atoms with Crippen LogP contribution in [0.25, 0.3) is 0 Å². The van der Waals surface area contributed by atoms with E-state index in [0.717, 1.165) is 25.7 Å². The molecule has 11 nitrogen and oxygen atoms in total. The number of anilines is 1. The number of nitrogens with one attached hydrogen (secondary N) is 1. The Hall–Kier alpha value is -1.86. The molecule has 4 rings (SSSR count). The lowest BCUT2D eigenvalue weighted by Crippen LogP contribution is -2.35. The summed E-state index contributed by atoms with van der Waals surface area (Å²) in [7, 11) is -0.944. The van der Waals surface area contributed by atoms with E-state index in [2.05, 4.69) is 24.9 Å². The second-order valence-electron chi connectivity index (χ2n) is 9.55. The summed E-state index contributed by atoms with van der Waals surface area (Å²) >= 11 is 5.87. The van der Waals surface area contributed by atoms with Crippen LogP contribution in [0.4, 0.5) is 5.95 Å². The van der Waals surface area contributed by atoms with Crippen LogP contribution in [0.2, 0.25) is 5.02 Å². The van der Waals surface area contributed by atoms with Crippen molar-refractivity contribution in [2.45, 2.75) is 75.1 Å². The number of methoxy groups -OCH3 is 2. The van der Waals surface area contributed by atoms with Crippen LogP contribution in [-0.2, 0) is 29.8 Å². The van der Waals surface area contributed by atoms with E-state index in [1.807, 2.05) is 18.4 Å². The van der Waals surface area contributed by atoms with Crippen molar-refractivity contribution in [2.75, 3.05) is 25.5 Å². The number of rotatable bonds is 10. The van der Waals surface area contributed by atoms with Gasteiger partial charge < -0.3 is 14.2 Å². The Balaban J connectivity index is 1.65. The van der Waals surface area contributed by atoms with Gasteiger partial charge in [0.15, 0.2) is 11.6 Å². The van der Waals surface area contributed by atoms with Crippen LogP contribution in [-0.4, -0.2) is 64.8 Å². The van der Waals surface area contributed by atoms with Crippen molar-refractivity contribution in [1.29, 1.82) is 0 Å². The highest BCUT2D eigenvalue weighted by molar-refractivity contribution is 7.93. The number of halogens is 1. The minimum Gasteiger partial charge on any atom is -0.382 e. The van der Waals surface area contributed by atoms with E-state index in [1.165, 1.54) is 26.4 Å². The SMILES string of the molecule is COCC1(n2c(NS(=O)(=O)[C@@H](C)[C@H](OC)c3ncc(Cl)cn3)nnc2[C@@H]2CCC(C)(C)O2)CC1. The zero-order valence-electron chi connectivity index (χ0n) is 20.0. The molecule has 1 saturated carbocycles. The van der Waals surface area contributed by atoms with E-state index in [9.17, 15) is 8.42 Å². The average Bonchev–Trinajstić information content (AvgIpc) is 3.28. The fourth-order valence-corrected chi connectivity index (χ4v) is 5.63. The van der Waals surface area contributed by atoms with E-state index in [4.69, 9.17) is 25.8 Å². The highest BCUT2D eigenvalue weighted by Crippen LogP contribution is 2.49. The van der Waals surface area contributed by atoms with E-state index < -0.39 is 26.9 Å². The molecule has 3 heterocycles. The summed E-state index contributed by atoms with van der Waals surface area (Å²) in [5, 5.41) is 7.90. The minimum absolute atomic E-state index is 0.136. The smallest absolute Gasteiger partial charge is 0.240 e. The van der Waals surface area contributed by atoms with Gasteiger partial charge in [-0.2, -0.15) is 0 Å². The van der Waals surface area contributed by atoms with Crippen molar-refractivity contribution in [3.8, 4) is 0 Å². The molecule has 188 valence electrons. The highest BCUT2D eigenvalue weighted by atomic mass is 35.5. The number of aromatic nitrogens is 5. The van der Waals surface area contributed by atoms with Gasteiger partial charge in [-0.05, 0) is 46.5 Å². The Morgan fingerprint density at radius 1 is 1.24 bits per heavy atom. The summed E-state index contributed by atoms with van der Waals surface area (Å²) < 4.78 is 48.4. The first-order valence-corrected chi connectivity index (χ1v) is 13.1. The van der Waals surface area contributed by atoms with Crippen LogP contribution in [0.1, 0.15) is 70.3 Å². The lowest BCUT2D eigenvalue weighted by molar-refractivity contribution is -0.0229. The van der Waals surface area contributed by atoms with Crippen LogP contribution >= 0.6 is 11.6 Å². The number of hydrogen-bond donors (Lipinski definition) is 1. The molecule has 3 atom stereocenters. The Morgan fingerprint density at radius 2 is 1.91 bits per heavy atom. The van der Waals surface area contributed by atoms with E-state index >= 15 is 0 Å². The maximum Gasteiger partial charge on any atom is 0.240 e. The van der Waals surface area contributed by atoms with Crippen molar-refractivity contribution < 1.29 is 22.6 Å². The first-order valence-electron chi connectivity index (χ1n) is 11.2. The molecular weight excluding hydrogens is 484 g/mol. The maximum absolute atomic E-state index is 13.4. The van der Waals surface area contributed by atoms with Crippen molar-refractivity contribution in [3.63, 3.8) is 0 Å². The lowest BCUT2D eigenvalue weighted by Gasteiger charge is -2.26. The van der Waals surface area contributed by atoms with Gasteiger partial charge in [-0.3, -0.25) is 9.29 Å². The molecular formula is C21H31ClN6O5S. The van der Waals surface area contributed by atoms with Gasteiger partial charge in [-0.15, -0.1) is 10.2 Å². The lowest BCUT2D eigenvalue weighted by atomic mass is 10.1. The van der Waals surface area contributed by atoms with Gasteiger partial charge in [0.05, 0.1) is 22.8 Å². The third kappa shape index (κ3) is 4.92. The fourth-order valence-electron chi connectivity index (χ4n) is 4.41. The number of nitrogens with zero attached hydrogens (tertiary/aromatic N) is 5. The van der Waals surface area contributed by atoms with Crippen molar-refractivity contribution in [3.05, 3.63) is 29.1 Å². The zero-order valence-corrected chi connectivity index (χ0v) is 21.6. The number of ether oxygens (including phenoxy) is 3. The van der Waals surface area contributed by atoms with Gasteiger partial charge in [0, 0.05) is 26.6 Å². The van der Waals surface area contributed by atoms with E-state index in [0.29, 0.717) is 17.5 Å². The summed E-state index contributed by atoms with van der Waals surface area (Å²) in [5.74, 6) is 0.956. The Bertz CT molecular complexity index is 1120. The molecule has 0 amide bonds. The van der Waals surface area contributed by atoms with Crippen LogP contribution in [0.5, 0.6) is 0 Å². The van der Waals surface area contributed by atoms with Gasteiger partial charge in [0.1, 0.15) is 17.5 Å². The van der Waals surface area contributed by atoms with Gasteiger partial charge in [0.25, 0.3) is 0 Å². The Kier molecular flexibility index (Phi) is 6.91. The van der Waals surface area contributed by atoms with E-state index in [1.54, 1.807) is 7.11 Å². The molecule has 1 aliphatic heterocycles. The zero-order chi connectivity index (χ0) is 24.7. The summed E-state index contributed by atoms with van der Waals surface area (Å²) in [6, 6.07) is 0. The van der Waals surface area contributed by atoms with Crippen molar-refractivity contribution in [2.24, 2.45) is 0 Å². The van der Waals surface area contributed by atoms with Crippen molar-refractivity contribution >= 4 is 27.6 Å². The molecule has 1 N–H and O–H groups in total. The second kappa shape index (κ2) is 9.30. The van der Waals surface area contributed by atoms with Gasteiger partial charge >= 0.3 is 0 Å². The standard InChI is InChI=1S/C21H31ClN6O5S/c1-13(16(32-5)17-23-10-14(22)11-24-17)34(29,30)27-19-26-25-18(15-6-7-20(2,3)33-15)28(19)21(8-9-21)12-31-4/h10-11,13,15-16H,6-9,12H2,1-5H3,(H,26,27)/t13-,15-,16-/m0/s1. The number of sulfonamides is 1. The molecule has 2 aliphatic rings. The molecule has 2 fully saturated rings. The normalized spacial score (nSPS) is 22.9. The molecule has 2 aromatic rings. The molecule has 0 spiro atoms. The molecule has 0 aromatic carbocycles. The Morgan fingerprint density at radius 3 is 2.44 bits per heavy atom. The third-order valence-electron chi connectivity index (χ3n) is 6.46. The first kappa shape index (κ1) is 25.2. The first-order chi connectivity index (χ1) is 16.0. The van der Waals surface area contributed by atoms with Crippen molar-refractivity contribution in [1.82, 2.24) is 24.7 Å². The molecule has 2 aromatic heterocycles. The molecule has 1 aliphatic carbocycles. The second-order valence-corrected chi connectivity index (χ2v) is 12.0. The van der Waals surface area contributed by atoms with Gasteiger partial charge in [0.2, 0.25) is 16.0 Å². The van der Waals surface area contributed by atoms with Crippen LogP contribution in [0, 0.1) is 0 Å². The topological polar surface area (TPSA) is 130 Å². The molecule has 0 radical (unpaired) electrons. The molecule has 0 bridgehead atoms. The summed E-state index contributed by atoms with van der Waals surface area (Å²) in [5.41, 5.74) is -0.692. The van der Waals surface area contributed by atoms with Crippen LogP contribution < -0.4 is 4.72 Å². The van der Waals surface area contributed by atoms with Gasteiger partial charge in [-0.25, -0.2) is 18.4 Å². The molecule has 0 unspecified atom stereocenters. The summed E-state index contributed by atoms with van der Waals surface area (Å²) in [6.45, 7) is 6.01. The quantitative estimate of drug-likeness (QED) is 0.508. The monoisotopic (exact) mass is 514 g/mol. The molecule has 34 heavy (non-hydrogen) atoms. The number of hydrogen-bond acceptors (Lipinski definition) is 9. The van der Waals surface area contributed by atoms with E-state index in [-0.39, 0.29) is 23.5 Å². The largest absolute Gasteiger partial charge is 0.382 e. The molecule has 1 saturated heterocycles. The predicted molar refractivity (Wildman–Crippen MR) is 125 cm³/mol. The fraction of sp³-hybridized carbons (Fsp3) is 0.714. The predicted octanol–water partition coefficient (Wildman–Crippen LogP) is 3.01. The summed E-state index contributed by atoms with van der Waals surface area (Å²) in [6.07, 6.45) is 4.90. The third-order valence-corrected chi connectivity index (χ3v) is 8.35. The van der Waals surface area contributed by atoms with Crippen LogP contribution in [0.15, 0.2) is 12.4 Å².